The van der Waals surface area contributed by atoms with Gasteiger partial charge in [0, 0.05) is 17.0 Å². The van der Waals surface area contributed by atoms with Gasteiger partial charge in [0.1, 0.15) is 5.82 Å². The molecule has 0 bridgehead atoms. The van der Waals surface area contributed by atoms with Crippen LogP contribution in [0.5, 0.6) is 0 Å². The first-order valence-corrected chi connectivity index (χ1v) is 7.87. The first-order valence-electron chi connectivity index (χ1n) is 6.99. The van der Waals surface area contributed by atoms with Gasteiger partial charge in [0.05, 0.1) is 12.2 Å². The lowest BCUT2D eigenvalue weighted by Crippen LogP contribution is -2.25. The van der Waals surface area contributed by atoms with E-state index in [1.165, 1.54) is 4.88 Å². The van der Waals surface area contributed by atoms with Crippen molar-refractivity contribution >= 4 is 17.0 Å². The number of thiophene rings is 1. The van der Waals surface area contributed by atoms with E-state index in [9.17, 15) is 4.39 Å². The van der Waals surface area contributed by atoms with Crippen LogP contribution in [0, 0.1) is 5.82 Å². The predicted octanol–water partition coefficient (Wildman–Crippen LogP) is 4.08. The van der Waals surface area contributed by atoms with E-state index in [-0.39, 0.29) is 11.9 Å². The Bertz CT molecular complexity index is 576. The highest BCUT2D eigenvalue weighted by molar-refractivity contribution is 7.09. The fourth-order valence-corrected chi connectivity index (χ4v) is 3.11. The highest BCUT2D eigenvalue weighted by Crippen LogP contribution is 2.35. The Morgan fingerprint density at radius 3 is 2.75 bits per heavy atom. The van der Waals surface area contributed by atoms with Crippen molar-refractivity contribution in [1.29, 1.82) is 0 Å². The van der Waals surface area contributed by atoms with Crippen LogP contribution in [-0.2, 0) is 6.54 Å². The SMILES string of the molecule is C[C@H](N)c1ccc(N(Cc2cccs2)C2CC2)c(F)c1. The number of hydrogen-bond acceptors (Lipinski definition) is 3. The van der Waals surface area contributed by atoms with Crippen molar-refractivity contribution in [1.82, 2.24) is 0 Å². The fraction of sp³-hybridized carbons (Fsp3) is 0.375. The van der Waals surface area contributed by atoms with E-state index in [1.807, 2.05) is 25.1 Å². The molecule has 1 heterocycles. The molecule has 2 N–H and O–H groups in total. The molecule has 106 valence electrons. The molecule has 0 saturated heterocycles. The molecule has 1 aliphatic rings. The zero-order valence-corrected chi connectivity index (χ0v) is 12.4. The number of nitrogens with two attached hydrogens (primary N) is 1. The minimum atomic E-state index is -0.164. The summed E-state index contributed by atoms with van der Waals surface area (Å²) in [7, 11) is 0. The summed E-state index contributed by atoms with van der Waals surface area (Å²) in [5, 5.41) is 2.07. The smallest absolute Gasteiger partial charge is 0.146 e. The van der Waals surface area contributed by atoms with Gasteiger partial charge in [-0.1, -0.05) is 12.1 Å². The summed E-state index contributed by atoms with van der Waals surface area (Å²) in [6, 6.07) is 9.88. The third kappa shape index (κ3) is 2.86. The molecule has 0 spiro atoms. The molecule has 2 nitrogen and oxygen atoms in total. The molecule has 1 fully saturated rings. The van der Waals surface area contributed by atoms with Gasteiger partial charge < -0.3 is 10.6 Å². The molecular weight excluding hydrogens is 271 g/mol. The van der Waals surface area contributed by atoms with Crippen LogP contribution in [0.15, 0.2) is 35.7 Å². The van der Waals surface area contributed by atoms with Crippen molar-refractivity contribution in [2.75, 3.05) is 4.90 Å². The molecule has 0 radical (unpaired) electrons. The number of anilines is 1. The van der Waals surface area contributed by atoms with Crippen molar-refractivity contribution in [2.24, 2.45) is 5.73 Å². The fourth-order valence-electron chi connectivity index (χ4n) is 2.41. The summed E-state index contributed by atoms with van der Waals surface area (Å²) in [4.78, 5) is 3.46. The maximum atomic E-state index is 14.4. The molecule has 3 rings (SSSR count). The predicted molar refractivity (Wildman–Crippen MR) is 82.5 cm³/mol. The Kier molecular flexibility index (Phi) is 3.76. The van der Waals surface area contributed by atoms with Crippen LogP contribution < -0.4 is 10.6 Å². The van der Waals surface area contributed by atoms with Gasteiger partial charge in [0.2, 0.25) is 0 Å². The van der Waals surface area contributed by atoms with Gasteiger partial charge in [-0.15, -0.1) is 11.3 Å². The Morgan fingerprint density at radius 1 is 1.40 bits per heavy atom. The van der Waals surface area contributed by atoms with E-state index in [0.29, 0.717) is 11.7 Å². The minimum Gasteiger partial charge on any atom is -0.361 e. The van der Waals surface area contributed by atoms with Gasteiger partial charge in [-0.25, -0.2) is 4.39 Å². The topological polar surface area (TPSA) is 29.3 Å². The lowest BCUT2D eigenvalue weighted by Gasteiger charge is -2.25. The second-order valence-corrected chi connectivity index (χ2v) is 6.47. The van der Waals surface area contributed by atoms with Crippen molar-refractivity contribution in [3.63, 3.8) is 0 Å². The van der Waals surface area contributed by atoms with Gasteiger partial charge in [0.25, 0.3) is 0 Å². The van der Waals surface area contributed by atoms with Gasteiger partial charge in [-0.3, -0.25) is 0 Å². The summed E-state index contributed by atoms with van der Waals surface area (Å²) >= 11 is 1.72. The standard InChI is InChI=1S/C16H19FN2S/c1-11(18)12-4-7-16(15(17)9-12)19(13-5-6-13)10-14-3-2-8-20-14/h2-4,7-9,11,13H,5-6,10,18H2,1H3/t11-/m0/s1. The quantitative estimate of drug-likeness (QED) is 0.899. The molecule has 0 unspecified atom stereocenters. The van der Waals surface area contributed by atoms with Crippen LogP contribution in [0.2, 0.25) is 0 Å². The van der Waals surface area contributed by atoms with Crippen LogP contribution >= 0.6 is 11.3 Å². The highest BCUT2D eigenvalue weighted by Gasteiger charge is 2.31. The molecule has 1 aromatic heterocycles. The van der Waals surface area contributed by atoms with Crippen LogP contribution in [0.1, 0.15) is 36.2 Å². The summed E-state index contributed by atoms with van der Waals surface area (Å²) in [6.45, 7) is 2.66. The third-order valence-corrected chi connectivity index (χ3v) is 4.56. The van der Waals surface area contributed by atoms with Crippen LogP contribution in [0.3, 0.4) is 0 Å². The minimum absolute atomic E-state index is 0.134. The molecule has 0 aliphatic heterocycles. The van der Waals surface area contributed by atoms with Crippen LogP contribution in [-0.4, -0.2) is 6.04 Å². The van der Waals surface area contributed by atoms with Crippen LogP contribution in [0.4, 0.5) is 10.1 Å². The lowest BCUT2D eigenvalue weighted by atomic mass is 10.1. The number of hydrogen-bond donors (Lipinski definition) is 1. The van der Waals surface area contributed by atoms with Crippen molar-refractivity contribution in [3.8, 4) is 0 Å². The van der Waals surface area contributed by atoms with Gasteiger partial charge >= 0.3 is 0 Å². The molecule has 1 aliphatic carbocycles. The second-order valence-electron chi connectivity index (χ2n) is 5.44. The number of halogens is 1. The average Bonchev–Trinajstić information content (AvgIpc) is 3.14. The molecule has 1 saturated carbocycles. The lowest BCUT2D eigenvalue weighted by molar-refractivity contribution is 0.610. The van der Waals surface area contributed by atoms with E-state index in [0.717, 1.165) is 24.9 Å². The molecule has 0 amide bonds. The van der Waals surface area contributed by atoms with Crippen molar-refractivity contribution < 1.29 is 4.39 Å². The Morgan fingerprint density at radius 2 is 2.20 bits per heavy atom. The van der Waals surface area contributed by atoms with E-state index < -0.39 is 0 Å². The molecule has 2 aromatic rings. The number of nitrogens with zero attached hydrogens (tertiary/aromatic N) is 1. The molecule has 1 atom stereocenters. The van der Waals surface area contributed by atoms with E-state index >= 15 is 0 Å². The first-order chi connectivity index (χ1) is 9.65. The number of benzene rings is 1. The van der Waals surface area contributed by atoms with Gasteiger partial charge in [-0.05, 0) is 48.9 Å². The molecule has 20 heavy (non-hydrogen) atoms. The normalized spacial score (nSPS) is 16.1. The van der Waals surface area contributed by atoms with E-state index in [2.05, 4.69) is 16.3 Å². The summed E-state index contributed by atoms with van der Waals surface area (Å²) < 4.78 is 14.4. The molecule has 4 heteroatoms. The average molecular weight is 290 g/mol. The number of rotatable bonds is 5. The maximum absolute atomic E-state index is 14.4. The monoisotopic (exact) mass is 290 g/mol. The second kappa shape index (κ2) is 5.54. The zero-order chi connectivity index (χ0) is 14.1. The Hall–Kier alpha value is -1.39. The first kappa shape index (κ1) is 13.6. The van der Waals surface area contributed by atoms with Gasteiger partial charge in [0.15, 0.2) is 0 Å². The maximum Gasteiger partial charge on any atom is 0.146 e. The van der Waals surface area contributed by atoms with Gasteiger partial charge in [-0.2, -0.15) is 0 Å². The summed E-state index contributed by atoms with van der Waals surface area (Å²) in [6.07, 6.45) is 2.31. The summed E-state index contributed by atoms with van der Waals surface area (Å²) in [5.41, 5.74) is 7.36. The van der Waals surface area contributed by atoms with E-state index in [1.54, 1.807) is 17.4 Å². The van der Waals surface area contributed by atoms with Crippen LogP contribution in [0.25, 0.3) is 0 Å². The molecular formula is C16H19FN2S. The zero-order valence-electron chi connectivity index (χ0n) is 11.6. The van der Waals surface area contributed by atoms with E-state index in [4.69, 9.17) is 5.73 Å². The third-order valence-electron chi connectivity index (χ3n) is 3.70. The Labute approximate surface area is 123 Å². The highest BCUT2D eigenvalue weighted by atomic mass is 32.1. The van der Waals surface area contributed by atoms with Crippen molar-refractivity contribution in [2.45, 2.75) is 38.4 Å². The summed E-state index contributed by atoms with van der Waals surface area (Å²) in [5.74, 6) is -0.164. The molecule has 1 aromatic carbocycles. The van der Waals surface area contributed by atoms with Crippen molar-refractivity contribution in [3.05, 3.63) is 52.0 Å². The Balaban J connectivity index is 1.87. The largest absolute Gasteiger partial charge is 0.361 e.